The van der Waals surface area contributed by atoms with Gasteiger partial charge < -0.3 is 10.0 Å². The number of aliphatic hydroxyl groups is 1. The van der Waals surface area contributed by atoms with Gasteiger partial charge in [0, 0.05) is 12.3 Å². The standard InChI is InChI=1S/C11H13F2NO/c12-11(13)7-14(8-11)10-3-1-2-9(6-10)4-5-15/h1-3,6,15H,4-5,7-8H2. The van der Waals surface area contributed by atoms with Crippen molar-refractivity contribution in [2.24, 2.45) is 0 Å². The summed E-state index contributed by atoms with van der Waals surface area (Å²) in [4.78, 5) is 1.64. The molecule has 0 aliphatic carbocycles. The lowest BCUT2D eigenvalue weighted by Gasteiger charge is -2.40. The Labute approximate surface area is 87.1 Å². The Morgan fingerprint density at radius 2 is 2.07 bits per heavy atom. The Balaban J connectivity index is 2.06. The second-order valence-corrected chi connectivity index (χ2v) is 3.86. The van der Waals surface area contributed by atoms with E-state index in [9.17, 15) is 8.78 Å². The number of nitrogens with zero attached hydrogens (tertiary/aromatic N) is 1. The first-order valence-electron chi connectivity index (χ1n) is 4.93. The molecular formula is C11H13F2NO. The zero-order valence-corrected chi connectivity index (χ0v) is 8.29. The van der Waals surface area contributed by atoms with Crippen LogP contribution >= 0.6 is 0 Å². The maximum atomic E-state index is 12.6. The van der Waals surface area contributed by atoms with Gasteiger partial charge in [-0.1, -0.05) is 12.1 Å². The van der Waals surface area contributed by atoms with Crippen molar-refractivity contribution in [1.82, 2.24) is 0 Å². The van der Waals surface area contributed by atoms with Gasteiger partial charge in [0.1, 0.15) is 0 Å². The SMILES string of the molecule is OCCc1cccc(N2CC(F)(F)C2)c1. The highest BCUT2D eigenvalue weighted by Gasteiger charge is 2.43. The van der Waals surface area contributed by atoms with E-state index in [0.717, 1.165) is 11.3 Å². The lowest BCUT2D eigenvalue weighted by molar-refractivity contribution is -0.0262. The van der Waals surface area contributed by atoms with Gasteiger partial charge in [-0.15, -0.1) is 0 Å². The molecule has 0 amide bonds. The van der Waals surface area contributed by atoms with Crippen LogP contribution in [0.15, 0.2) is 24.3 Å². The van der Waals surface area contributed by atoms with Crippen LogP contribution in [0.2, 0.25) is 0 Å². The summed E-state index contributed by atoms with van der Waals surface area (Å²) >= 11 is 0. The second-order valence-electron chi connectivity index (χ2n) is 3.86. The third-order valence-corrected chi connectivity index (χ3v) is 2.52. The van der Waals surface area contributed by atoms with Gasteiger partial charge in [-0.05, 0) is 24.1 Å². The van der Waals surface area contributed by atoms with Crippen molar-refractivity contribution in [1.29, 1.82) is 0 Å². The number of rotatable bonds is 3. The largest absolute Gasteiger partial charge is 0.396 e. The van der Waals surface area contributed by atoms with Crippen molar-refractivity contribution >= 4 is 5.69 Å². The van der Waals surface area contributed by atoms with Crippen molar-refractivity contribution in [2.75, 3.05) is 24.6 Å². The third kappa shape index (κ3) is 2.26. The fourth-order valence-corrected chi connectivity index (χ4v) is 1.73. The minimum Gasteiger partial charge on any atom is -0.396 e. The van der Waals surface area contributed by atoms with Crippen molar-refractivity contribution < 1.29 is 13.9 Å². The van der Waals surface area contributed by atoms with E-state index in [1.165, 1.54) is 0 Å². The summed E-state index contributed by atoms with van der Waals surface area (Å²) in [5.74, 6) is -2.53. The first-order valence-corrected chi connectivity index (χ1v) is 4.93. The number of aliphatic hydroxyl groups excluding tert-OH is 1. The predicted molar refractivity (Wildman–Crippen MR) is 54.4 cm³/mol. The zero-order valence-electron chi connectivity index (χ0n) is 8.29. The monoisotopic (exact) mass is 213 g/mol. The molecule has 0 spiro atoms. The van der Waals surface area contributed by atoms with Crippen LogP contribution in [0.4, 0.5) is 14.5 Å². The van der Waals surface area contributed by atoms with E-state index < -0.39 is 5.92 Å². The number of benzene rings is 1. The van der Waals surface area contributed by atoms with Gasteiger partial charge in [0.05, 0.1) is 13.1 Å². The highest BCUT2D eigenvalue weighted by atomic mass is 19.3. The van der Waals surface area contributed by atoms with Gasteiger partial charge in [0.25, 0.3) is 5.92 Å². The summed E-state index contributed by atoms with van der Waals surface area (Å²) in [5, 5.41) is 8.77. The Morgan fingerprint density at radius 1 is 1.33 bits per heavy atom. The second kappa shape index (κ2) is 3.77. The topological polar surface area (TPSA) is 23.5 Å². The number of halogens is 2. The average molecular weight is 213 g/mol. The van der Waals surface area contributed by atoms with Crippen LogP contribution in [0.25, 0.3) is 0 Å². The Kier molecular flexibility index (Phi) is 2.61. The molecule has 15 heavy (non-hydrogen) atoms. The molecule has 0 unspecified atom stereocenters. The number of anilines is 1. The Hall–Kier alpha value is -1.16. The molecule has 1 aliphatic rings. The predicted octanol–water partition coefficient (Wildman–Crippen LogP) is 1.68. The van der Waals surface area contributed by atoms with E-state index in [-0.39, 0.29) is 19.7 Å². The quantitative estimate of drug-likeness (QED) is 0.825. The number of hydrogen-bond donors (Lipinski definition) is 1. The van der Waals surface area contributed by atoms with Gasteiger partial charge in [0.15, 0.2) is 0 Å². The van der Waals surface area contributed by atoms with Gasteiger partial charge in [-0.25, -0.2) is 8.78 Å². The summed E-state index contributed by atoms with van der Waals surface area (Å²) in [6.07, 6.45) is 0.568. The molecule has 1 heterocycles. The number of alkyl halides is 2. The Morgan fingerprint density at radius 3 is 2.67 bits per heavy atom. The summed E-state index contributed by atoms with van der Waals surface area (Å²) in [5.41, 5.74) is 1.79. The molecule has 0 bridgehead atoms. The third-order valence-electron chi connectivity index (χ3n) is 2.52. The van der Waals surface area contributed by atoms with E-state index in [1.807, 2.05) is 24.3 Å². The molecular weight excluding hydrogens is 200 g/mol. The molecule has 1 N–H and O–H groups in total. The van der Waals surface area contributed by atoms with E-state index in [4.69, 9.17) is 5.11 Å². The molecule has 0 aromatic heterocycles. The molecule has 0 radical (unpaired) electrons. The van der Waals surface area contributed by atoms with Crippen LogP contribution in [0, 0.1) is 0 Å². The van der Waals surface area contributed by atoms with E-state index in [2.05, 4.69) is 0 Å². The summed E-state index contributed by atoms with van der Waals surface area (Å²) in [6, 6.07) is 7.38. The molecule has 0 atom stereocenters. The summed E-state index contributed by atoms with van der Waals surface area (Å²) < 4.78 is 25.3. The zero-order chi connectivity index (χ0) is 10.9. The fraction of sp³-hybridized carbons (Fsp3) is 0.455. The van der Waals surface area contributed by atoms with Crippen LogP contribution in [0.3, 0.4) is 0 Å². The molecule has 2 rings (SSSR count). The average Bonchev–Trinajstić information content (AvgIpc) is 2.15. The van der Waals surface area contributed by atoms with E-state index in [0.29, 0.717) is 6.42 Å². The maximum absolute atomic E-state index is 12.6. The number of hydrogen-bond acceptors (Lipinski definition) is 2. The molecule has 0 saturated carbocycles. The van der Waals surface area contributed by atoms with Crippen LogP contribution in [0.1, 0.15) is 5.56 Å². The van der Waals surface area contributed by atoms with Gasteiger partial charge in [0.2, 0.25) is 0 Å². The van der Waals surface area contributed by atoms with Crippen LogP contribution in [0.5, 0.6) is 0 Å². The molecule has 1 aliphatic heterocycles. The molecule has 82 valence electrons. The van der Waals surface area contributed by atoms with Gasteiger partial charge in [-0.2, -0.15) is 0 Å². The van der Waals surface area contributed by atoms with Crippen LogP contribution in [-0.4, -0.2) is 30.7 Å². The van der Waals surface area contributed by atoms with Crippen molar-refractivity contribution in [2.45, 2.75) is 12.3 Å². The normalized spacial score (nSPS) is 18.7. The minimum atomic E-state index is -2.53. The highest BCUT2D eigenvalue weighted by Crippen LogP contribution is 2.31. The van der Waals surface area contributed by atoms with E-state index >= 15 is 0 Å². The highest BCUT2D eigenvalue weighted by molar-refractivity contribution is 5.51. The van der Waals surface area contributed by atoms with Crippen molar-refractivity contribution in [3.63, 3.8) is 0 Å². The first-order chi connectivity index (χ1) is 7.11. The van der Waals surface area contributed by atoms with E-state index in [1.54, 1.807) is 4.90 Å². The maximum Gasteiger partial charge on any atom is 0.282 e. The van der Waals surface area contributed by atoms with Gasteiger partial charge in [-0.3, -0.25) is 0 Å². The van der Waals surface area contributed by atoms with Crippen LogP contribution < -0.4 is 4.90 Å². The molecule has 1 aromatic carbocycles. The van der Waals surface area contributed by atoms with Gasteiger partial charge >= 0.3 is 0 Å². The molecule has 2 nitrogen and oxygen atoms in total. The van der Waals surface area contributed by atoms with Crippen molar-refractivity contribution in [3.8, 4) is 0 Å². The summed E-state index contributed by atoms with van der Waals surface area (Å²) in [6.45, 7) is -0.315. The molecule has 1 fully saturated rings. The molecule has 1 saturated heterocycles. The molecule has 1 aromatic rings. The molecule has 4 heteroatoms. The smallest absolute Gasteiger partial charge is 0.282 e. The summed E-state index contributed by atoms with van der Waals surface area (Å²) in [7, 11) is 0. The lowest BCUT2D eigenvalue weighted by atomic mass is 10.1. The van der Waals surface area contributed by atoms with Crippen molar-refractivity contribution in [3.05, 3.63) is 29.8 Å². The minimum absolute atomic E-state index is 0.0829. The lowest BCUT2D eigenvalue weighted by Crippen LogP contribution is -2.56. The van der Waals surface area contributed by atoms with Crippen LogP contribution in [-0.2, 0) is 6.42 Å². The Bertz CT molecular complexity index is 346. The first kappa shape index (κ1) is 10.4. The fourth-order valence-electron chi connectivity index (χ4n) is 1.73.